The molecule has 6 nitrogen and oxygen atoms in total. The van der Waals surface area contributed by atoms with E-state index >= 15 is 0 Å². The molecule has 1 saturated carbocycles. The summed E-state index contributed by atoms with van der Waals surface area (Å²) >= 11 is 1.49. The van der Waals surface area contributed by atoms with Crippen LogP contribution in [0.25, 0.3) is 11.1 Å². The van der Waals surface area contributed by atoms with Crippen LogP contribution in [-0.2, 0) is 21.4 Å². The molecule has 1 aliphatic carbocycles. The molecule has 0 amide bonds. The van der Waals surface area contributed by atoms with Gasteiger partial charge in [0, 0.05) is 23.6 Å². The maximum Gasteiger partial charge on any atom is 0.323 e. The van der Waals surface area contributed by atoms with E-state index in [1.54, 1.807) is 38.1 Å². The third kappa shape index (κ3) is 6.10. The van der Waals surface area contributed by atoms with E-state index < -0.39 is 26.8 Å². The van der Waals surface area contributed by atoms with Crippen molar-refractivity contribution >= 4 is 27.8 Å². The Bertz CT molecular complexity index is 1110. The van der Waals surface area contributed by atoms with Crippen LogP contribution >= 0.6 is 11.8 Å². The van der Waals surface area contributed by atoms with Crippen LogP contribution in [0.15, 0.2) is 53.4 Å². The number of carboxylic acids is 1. The summed E-state index contributed by atoms with van der Waals surface area (Å²) in [6.45, 7) is 5.69. The van der Waals surface area contributed by atoms with E-state index in [-0.39, 0.29) is 11.4 Å². The van der Waals surface area contributed by atoms with Gasteiger partial charge in [-0.15, -0.1) is 0 Å². The SMILES string of the molecule is CC1(C)SCCN(S(=O)(=O)c2ccc(-c3ccc(CNCC4CCCCC4)cc3)cc2)[C@H]1C(=O)O. The van der Waals surface area contributed by atoms with Gasteiger partial charge < -0.3 is 10.4 Å². The normalized spacial score (nSPS) is 21.6. The molecule has 190 valence electrons. The molecule has 1 heterocycles. The predicted molar refractivity (Wildman–Crippen MR) is 142 cm³/mol. The van der Waals surface area contributed by atoms with Gasteiger partial charge in [-0.3, -0.25) is 4.79 Å². The summed E-state index contributed by atoms with van der Waals surface area (Å²) in [4.78, 5) is 12.1. The molecular formula is C27H36N2O4S2. The molecule has 2 aliphatic rings. The highest BCUT2D eigenvalue weighted by atomic mass is 32.2. The monoisotopic (exact) mass is 516 g/mol. The number of rotatable bonds is 8. The average Bonchev–Trinajstić information content (AvgIpc) is 2.84. The number of aliphatic carboxylic acids is 1. The lowest BCUT2D eigenvalue weighted by Gasteiger charge is -2.42. The van der Waals surface area contributed by atoms with Crippen molar-refractivity contribution in [3.8, 4) is 11.1 Å². The number of nitrogens with one attached hydrogen (secondary N) is 1. The van der Waals surface area contributed by atoms with Gasteiger partial charge >= 0.3 is 5.97 Å². The molecule has 8 heteroatoms. The zero-order valence-corrected chi connectivity index (χ0v) is 22.2. The second-order valence-corrected chi connectivity index (χ2v) is 13.8. The molecular weight excluding hydrogens is 480 g/mol. The van der Waals surface area contributed by atoms with Gasteiger partial charge in [-0.25, -0.2) is 8.42 Å². The van der Waals surface area contributed by atoms with Crippen LogP contribution in [0.1, 0.15) is 51.5 Å². The molecule has 1 saturated heterocycles. The highest BCUT2D eigenvalue weighted by Crippen LogP contribution is 2.38. The lowest BCUT2D eigenvalue weighted by Crippen LogP contribution is -2.58. The molecule has 35 heavy (non-hydrogen) atoms. The van der Waals surface area contributed by atoms with Crippen LogP contribution in [0.4, 0.5) is 0 Å². The van der Waals surface area contributed by atoms with Crippen molar-refractivity contribution in [1.29, 1.82) is 0 Å². The number of sulfonamides is 1. The summed E-state index contributed by atoms with van der Waals surface area (Å²) in [7, 11) is -3.92. The molecule has 4 rings (SSSR count). The molecule has 0 bridgehead atoms. The van der Waals surface area contributed by atoms with Crippen molar-refractivity contribution in [2.45, 2.75) is 68.2 Å². The summed E-state index contributed by atoms with van der Waals surface area (Å²) in [5, 5.41) is 13.4. The fraction of sp³-hybridized carbons (Fsp3) is 0.519. The van der Waals surface area contributed by atoms with E-state index in [0.29, 0.717) is 5.75 Å². The number of carbonyl (C=O) groups is 1. The van der Waals surface area contributed by atoms with E-state index in [0.717, 1.165) is 34.4 Å². The minimum Gasteiger partial charge on any atom is -0.480 e. The fourth-order valence-electron chi connectivity index (χ4n) is 5.21. The Morgan fingerprint density at radius 1 is 1.03 bits per heavy atom. The van der Waals surface area contributed by atoms with Crippen LogP contribution in [0, 0.1) is 5.92 Å². The lowest BCUT2D eigenvalue weighted by molar-refractivity contribution is -0.142. The van der Waals surface area contributed by atoms with Gasteiger partial charge in [0.2, 0.25) is 10.0 Å². The molecule has 0 aromatic heterocycles. The zero-order chi connectivity index (χ0) is 25.1. The van der Waals surface area contributed by atoms with E-state index in [1.165, 1.54) is 49.4 Å². The zero-order valence-electron chi connectivity index (χ0n) is 20.6. The molecule has 2 N–H and O–H groups in total. The number of benzene rings is 2. The smallest absolute Gasteiger partial charge is 0.323 e. The van der Waals surface area contributed by atoms with Gasteiger partial charge in [0.1, 0.15) is 6.04 Å². The Labute approximate surface area is 213 Å². The average molecular weight is 517 g/mol. The molecule has 2 aromatic carbocycles. The minimum absolute atomic E-state index is 0.124. The van der Waals surface area contributed by atoms with E-state index in [1.807, 2.05) is 0 Å². The van der Waals surface area contributed by atoms with Crippen molar-refractivity contribution in [3.05, 3.63) is 54.1 Å². The Balaban J connectivity index is 1.42. The highest BCUT2D eigenvalue weighted by Gasteiger charge is 2.48. The predicted octanol–water partition coefficient (Wildman–Crippen LogP) is 4.99. The van der Waals surface area contributed by atoms with E-state index in [4.69, 9.17) is 0 Å². The molecule has 0 unspecified atom stereocenters. The van der Waals surface area contributed by atoms with Crippen molar-refractivity contribution in [3.63, 3.8) is 0 Å². The largest absolute Gasteiger partial charge is 0.480 e. The quantitative estimate of drug-likeness (QED) is 0.514. The summed E-state index contributed by atoms with van der Waals surface area (Å²) in [5.41, 5.74) is 3.17. The van der Waals surface area contributed by atoms with Crippen molar-refractivity contribution in [2.75, 3.05) is 18.8 Å². The highest BCUT2D eigenvalue weighted by molar-refractivity contribution is 8.00. The number of carboxylic acid groups (broad SMARTS) is 1. The first kappa shape index (κ1) is 26.2. The minimum atomic E-state index is -3.92. The van der Waals surface area contributed by atoms with Crippen LogP contribution in [-0.4, -0.2) is 53.4 Å². The summed E-state index contributed by atoms with van der Waals surface area (Å²) in [6, 6.07) is 14.0. The van der Waals surface area contributed by atoms with Crippen LogP contribution in [0.2, 0.25) is 0 Å². The van der Waals surface area contributed by atoms with Crippen LogP contribution < -0.4 is 5.32 Å². The Morgan fingerprint density at radius 3 is 2.23 bits per heavy atom. The fourth-order valence-corrected chi connectivity index (χ4v) is 8.31. The number of thioether (sulfide) groups is 1. The Hall–Kier alpha value is -1.87. The van der Waals surface area contributed by atoms with Crippen LogP contribution in [0.5, 0.6) is 0 Å². The molecule has 0 radical (unpaired) electrons. The maximum atomic E-state index is 13.3. The van der Waals surface area contributed by atoms with Crippen molar-refractivity contribution in [2.24, 2.45) is 5.92 Å². The lowest BCUT2D eigenvalue weighted by atomic mass is 9.89. The van der Waals surface area contributed by atoms with Gasteiger partial charge in [-0.05, 0) is 68.0 Å². The molecule has 0 spiro atoms. The second-order valence-electron chi connectivity index (χ2n) is 10.2. The van der Waals surface area contributed by atoms with Gasteiger partial charge in [-0.1, -0.05) is 55.7 Å². The molecule has 2 aromatic rings. The summed E-state index contributed by atoms with van der Waals surface area (Å²) in [6.07, 6.45) is 6.77. The Morgan fingerprint density at radius 2 is 1.63 bits per heavy atom. The number of nitrogens with zero attached hydrogens (tertiary/aromatic N) is 1. The number of hydrogen-bond donors (Lipinski definition) is 2. The third-order valence-corrected chi connectivity index (χ3v) is 10.4. The Kier molecular flexibility index (Phi) is 8.26. The number of hydrogen-bond acceptors (Lipinski definition) is 5. The first-order valence-electron chi connectivity index (χ1n) is 12.5. The second kappa shape index (κ2) is 11.0. The molecule has 2 fully saturated rings. The topological polar surface area (TPSA) is 86.7 Å². The van der Waals surface area contributed by atoms with Gasteiger partial charge in [-0.2, -0.15) is 16.1 Å². The third-order valence-electron chi connectivity index (χ3n) is 7.20. The van der Waals surface area contributed by atoms with Crippen LogP contribution in [0.3, 0.4) is 0 Å². The van der Waals surface area contributed by atoms with E-state index in [9.17, 15) is 18.3 Å². The van der Waals surface area contributed by atoms with Gasteiger partial charge in [0.15, 0.2) is 0 Å². The maximum absolute atomic E-state index is 13.3. The first-order valence-corrected chi connectivity index (χ1v) is 14.9. The van der Waals surface area contributed by atoms with Crippen molar-refractivity contribution < 1.29 is 18.3 Å². The molecule has 1 atom stereocenters. The van der Waals surface area contributed by atoms with Gasteiger partial charge in [0.05, 0.1) is 4.90 Å². The standard InChI is InChI=1S/C27H36N2O4S2/c1-27(2)25(26(30)31)29(16-17-34-27)35(32,33)24-14-12-23(13-15-24)22-10-8-21(9-11-22)19-28-18-20-6-4-3-5-7-20/h8-15,20,25,28H,3-7,16-19H2,1-2H3,(H,30,31)/t25-/m0/s1. The molecule has 1 aliphatic heterocycles. The summed E-state index contributed by atoms with van der Waals surface area (Å²) in [5.74, 6) is 0.254. The summed E-state index contributed by atoms with van der Waals surface area (Å²) < 4.78 is 27.1. The van der Waals surface area contributed by atoms with Crippen molar-refractivity contribution in [1.82, 2.24) is 9.62 Å². The first-order chi connectivity index (χ1) is 16.7. The van der Waals surface area contributed by atoms with E-state index in [2.05, 4.69) is 29.6 Å². The van der Waals surface area contributed by atoms with Gasteiger partial charge in [0.25, 0.3) is 0 Å².